The number of nitrogens with two attached hydrogens (primary N) is 1. The third-order valence-electron chi connectivity index (χ3n) is 3.36. The topological polar surface area (TPSA) is 113 Å². The number of nitrogen functional groups attached to an aromatic ring is 1. The van der Waals surface area contributed by atoms with E-state index in [0.717, 1.165) is 0 Å². The zero-order valence-electron chi connectivity index (χ0n) is 10.8. The van der Waals surface area contributed by atoms with Crippen LogP contribution in [0, 0.1) is 0 Å². The van der Waals surface area contributed by atoms with Crippen LogP contribution in [0.2, 0.25) is 0 Å². The molecule has 1 saturated heterocycles. The molecule has 110 valence electrons. The molecular weight excluding hydrogens is 302 g/mol. The molecule has 1 fully saturated rings. The number of fused-ring (bicyclic) bond motifs is 1. The monoisotopic (exact) mass is 317 g/mol. The lowest BCUT2D eigenvalue weighted by Crippen LogP contribution is -2.34. The van der Waals surface area contributed by atoms with Gasteiger partial charge in [-0.3, -0.25) is 4.40 Å². The van der Waals surface area contributed by atoms with Crippen LogP contribution in [0.3, 0.4) is 0 Å². The van der Waals surface area contributed by atoms with Gasteiger partial charge in [-0.15, -0.1) is 11.3 Å². The Bertz CT molecular complexity index is 748. The van der Waals surface area contributed by atoms with Crippen LogP contribution < -0.4 is 11.3 Å². The molecule has 0 saturated carbocycles. The molecule has 1 aliphatic rings. The fourth-order valence-corrected chi connectivity index (χ4v) is 4.88. The van der Waals surface area contributed by atoms with Crippen LogP contribution in [-0.2, 0) is 10.0 Å². The maximum absolute atomic E-state index is 12.7. The number of hydrogen-bond acceptors (Lipinski definition) is 7. The number of thiazole rings is 1. The highest BCUT2D eigenvalue weighted by Gasteiger charge is 2.41. The Kier molecular flexibility index (Phi) is 3.03. The van der Waals surface area contributed by atoms with Gasteiger partial charge in [-0.05, 0) is 13.3 Å². The van der Waals surface area contributed by atoms with E-state index < -0.39 is 15.6 Å². The third kappa shape index (κ3) is 2.00. The highest BCUT2D eigenvalue weighted by atomic mass is 32.2. The fraction of sp³-hybridized carbons (Fsp3) is 0.500. The maximum Gasteiger partial charge on any atom is 0.263 e. The van der Waals surface area contributed by atoms with E-state index in [1.165, 1.54) is 20.0 Å². The molecule has 0 aliphatic carbocycles. The van der Waals surface area contributed by atoms with E-state index >= 15 is 0 Å². The SMILES string of the molecule is CC1(O)CCN(S(=O)(=O)c2c(NN)nc3sccn23)C1. The fourth-order valence-electron chi connectivity index (χ4n) is 2.34. The zero-order valence-corrected chi connectivity index (χ0v) is 12.4. The van der Waals surface area contributed by atoms with Gasteiger partial charge in [0.15, 0.2) is 10.8 Å². The van der Waals surface area contributed by atoms with Crippen LogP contribution >= 0.6 is 11.3 Å². The summed E-state index contributed by atoms with van der Waals surface area (Å²) in [6, 6.07) is 0. The first-order chi connectivity index (χ1) is 9.35. The van der Waals surface area contributed by atoms with Crippen LogP contribution in [0.4, 0.5) is 5.82 Å². The van der Waals surface area contributed by atoms with Crippen LogP contribution in [-0.4, -0.2) is 45.9 Å². The van der Waals surface area contributed by atoms with Crippen LogP contribution in [0.5, 0.6) is 0 Å². The lowest BCUT2D eigenvalue weighted by atomic mass is 10.1. The smallest absolute Gasteiger partial charge is 0.263 e. The van der Waals surface area contributed by atoms with E-state index in [4.69, 9.17) is 5.84 Å². The van der Waals surface area contributed by atoms with Crippen LogP contribution in [0.25, 0.3) is 4.96 Å². The molecule has 1 unspecified atom stereocenters. The van der Waals surface area contributed by atoms with Gasteiger partial charge in [0.25, 0.3) is 10.0 Å². The van der Waals surface area contributed by atoms with Gasteiger partial charge >= 0.3 is 0 Å². The molecule has 3 heterocycles. The molecule has 8 nitrogen and oxygen atoms in total. The van der Waals surface area contributed by atoms with Gasteiger partial charge in [-0.25, -0.2) is 14.3 Å². The molecule has 2 aromatic heterocycles. The van der Waals surface area contributed by atoms with Crippen molar-refractivity contribution in [2.24, 2.45) is 5.84 Å². The highest BCUT2D eigenvalue weighted by molar-refractivity contribution is 7.89. The number of hydrogen-bond donors (Lipinski definition) is 3. The number of sulfonamides is 1. The number of nitrogens with one attached hydrogen (secondary N) is 1. The lowest BCUT2D eigenvalue weighted by molar-refractivity contribution is 0.0762. The summed E-state index contributed by atoms with van der Waals surface area (Å²) in [7, 11) is -3.77. The van der Waals surface area contributed by atoms with E-state index in [-0.39, 0.29) is 23.9 Å². The summed E-state index contributed by atoms with van der Waals surface area (Å²) in [4.78, 5) is 4.69. The van der Waals surface area contributed by atoms with Crippen molar-refractivity contribution in [2.45, 2.75) is 24.0 Å². The molecule has 1 aliphatic heterocycles. The van der Waals surface area contributed by atoms with Crippen molar-refractivity contribution in [1.29, 1.82) is 0 Å². The minimum atomic E-state index is -3.77. The Morgan fingerprint density at radius 3 is 2.95 bits per heavy atom. The van der Waals surface area contributed by atoms with Gasteiger partial charge in [0.1, 0.15) is 0 Å². The standard InChI is InChI=1S/C10H15N5O3S2/c1-10(16)2-3-14(6-10)20(17,18)8-7(13-11)12-9-15(8)4-5-19-9/h4-5,13,16H,2-3,6,11H2,1H3. The second-order valence-corrected chi connectivity index (χ2v) is 7.78. The van der Waals surface area contributed by atoms with E-state index in [1.54, 1.807) is 18.5 Å². The van der Waals surface area contributed by atoms with Gasteiger partial charge in [0.2, 0.25) is 5.03 Å². The number of aromatic nitrogens is 2. The summed E-state index contributed by atoms with van der Waals surface area (Å²) < 4.78 is 28.2. The Balaban J connectivity index is 2.12. The quantitative estimate of drug-likeness (QED) is 0.535. The second kappa shape index (κ2) is 4.40. The van der Waals surface area contributed by atoms with Crippen LogP contribution in [0.15, 0.2) is 16.6 Å². The van der Waals surface area contributed by atoms with Gasteiger partial charge in [-0.2, -0.15) is 9.29 Å². The van der Waals surface area contributed by atoms with Gasteiger partial charge in [0.05, 0.1) is 5.60 Å². The predicted octanol–water partition coefficient (Wildman–Crippen LogP) is -0.173. The van der Waals surface area contributed by atoms with E-state index in [0.29, 0.717) is 11.4 Å². The average molecular weight is 317 g/mol. The second-order valence-electron chi connectivity index (χ2n) is 5.05. The first kappa shape index (κ1) is 13.8. The Hall–Kier alpha value is -1.20. The minimum Gasteiger partial charge on any atom is -0.389 e. The summed E-state index contributed by atoms with van der Waals surface area (Å²) in [6.07, 6.45) is 2.04. The number of hydrazine groups is 1. The van der Waals surface area contributed by atoms with E-state index in [9.17, 15) is 13.5 Å². The van der Waals surface area contributed by atoms with Crippen molar-refractivity contribution in [3.8, 4) is 0 Å². The number of nitrogens with zero attached hydrogens (tertiary/aromatic N) is 3. The molecule has 20 heavy (non-hydrogen) atoms. The minimum absolute atomic E-state index is 0.00829. The van der Waals surface area contributed by atoms with Crippen molar-refractivity contribution in [1.82, 2.24) is 13.7 Å². The number of aliphatic hydroxyl groups is 1. The number of β-amino-alcohol motifs (C(OH)–C–C–N with tert-alkyl or cyclic N) is 1. The molecule has 0 radical (unpaired) electrons. The van der Waals surface area contributed by atoms with Crippen molar-refractivity contribution < 1.29 is 13.5 Å². The molecule has 1 atom stereocenters. The third-order valence-corrected chi connectivity index (χ3v) is 5.98. The molecule has 0 amide bonds. The zero-order chi connectivity index (χ0) is 14.5. The summed E-state index contributed by atoms with van der Waals surface area (Å²) in [6.45, 7) is 1.97. The molecule has 0 aromatic carbocycles. The lowest BCUT2D eigenvalue weighted by Gasteiger charge is -2.18. The molecule has 0 bridgehead atoms. The van der Waals surface area contributed by atoms with Crippen molar-refractivity contribution >= 4 is 32.1 Å². The maximum atomic E-state index is 12.7. The molecule has 10 heteroatoms. The molecule has 4 N–H and O–H groups in total. The van der Waals surface area contributed by atoms with Gasteiger partial charge < -0.3 is 10.5 Å². The largest absolute Gasteiger partial charge is 0.389 e. The number of rotatable bonds is 3. The Morgan fingerprint density at radius 1 is 1.60 bits per heavy atom. The van der Waals surface area contributed by atoms with Gasteiger partial charge in [-0.1, -0.05) is 0 Å². The first-order valence-corrected chi connectivity index (χ1v) is 8.32. The molecule has 2 aromatic rings. The number of anilines is 1. The predicted molar refractivity (Wildman–Crippen MR) is 74.9 cm³/mol. The summed E-state index contributed by atoms with van der Waals surface area (Å²) in [5.41, 5.74) is 1.33. The summed E-state index contributed by atoms with van der Waals surface area (Å²) >= 11 is 1.32. The Labute approximate surface area is 119 Å². The molecular formula is C10H15N5O3S2. The highest BCUT2D eigenvalue weighted by Crippen LogP contribution is 2.31. The Morgan fingerprint density at radius 2 is 2.35 bits per heavy atom. The van der Waals surface area contributed by atoms with E-state index in [2.05, 4.69) is 10.4 Å². The van der Waals surface area contributed by atoms with Crippen molar-refractivity contribution in [3.05, 3.63) is 11.6 Å². The van der Waals surface area contributed by atoms with Crippen molar-refractivity contribution in [2.75, 3.05) is 18.5 Å². The van der Waals surface area contributed by atoms with Crippen LogP contribution in [0.1, 0.15) is 13.3 Å². The van der Waals surface area contributed by atoms with E-state index in [1.807, 2.05) is 0 Å². The van der Waals surface area contributed by atoms with Crippen molar-refractivity contribution in [3.63, 3.8) is 0 Å². The number of imidazole rings is 1. The normalized spacial score (nSPS) is 24.6. The molecule has 0 spiro atoms. The molecule has 3 rings (SSSR count). The summed E-state index contributed by atoms with van der Waals surface area (Å²) in [5.74, 6) is 5.48. The van der Waals surface area contributed by atoms with Gasteiger partial charge in [0, 0.05) is 24.7 Å². The summed E-state index contributed by atoms with van der Waals surface area (Å²) in [5, 5.41) is 11.7. The first-order valence-electron chi connectivity index (χ1n) is 6.00. The average Bonchev–Trinajstić information content (AvgIpc) is 3.00.